The second-order valence-electron chi connectivity index (χ2n) is 3.38. The van der Waals surface area contributed by atoms with E-state index in [1.807, 2.05) is 31.3 Å². The molecule has 0 aliphatic rings. The summed E-state index contributed by atoms with van der Waals surface area (Å²) in [5.41, 5.74) is 2.90. The predicted octanol–water partition coefficient (Wildman–Crippen LogP) is 3.70. The van der Waals surface area contributed by atoms with Gasteiger partial charge >= 0.3 is 0 Å². The average molecular weight is 203 g/mol. The molecule has 0 radical (unpaired) electrons. The molecule has 15 heavy (non-hydrogen) atoms. The molecule has 1 rings (SSSR count). The van der Waals surface area contributed by atoms with Crippen LogP contribution in [0.4, 0.5) is 0 Å². The molecule has 0 unspecified atom stereocenters. The summed E-state index contributed by atoms with van der Waals surface area (Å²) in [5.74, 6) is 0.0768. The Balaban J connectivity index is 3.05. The highest BCUT2D eigenvalue weighted by Crippen LogP contribution is 2.22. The van der Waals surface area contributed by atoms with Crippen LogP contribution in [-0.2, 0) is 6.42 Å². The molecular weight excluding hydrogens is 186 g/mol. The Morgan fingerprint density at radius 1 is 1.60 bits per heavy atom. The van der Waals surface area contributed by atoms with Crippen LogP contribution in [0.15, 0.2) is 31.5 Å². The van der Waals surface area contributed by atoms with Crippen LogP contribution in [0, 0.1) is 0 Å². The van der Waals surface area contributed by atoms with E-state index in [0.29, 0.717) is 5.69 Å². The van der Waals surface area contributed by atoms with E-state index in [-0.39, 0.29) is 5.76 Å². The number of aromatic amines is 1. The Labute approximate surface area is 90.7 Å². The lowest BCUT2D eigenvalue weighted by Gasteiger charge is -2.00. The summed E-state index contributed by atoms with van der Waals surface area (Å²) in [6.07, 6.45) is 9.58. The smallest absolute Gasteiger partial charge is 0.132 e. The van der Waals surface area contributed by atoms with Gasteiger partial charge in [0.05, 0.1) is 5.69 Å². The van der Waals surface area contributed by atoms with E-state index in [4.69, 9.17) is 0 Å². The summed E-state index contributed by atoms with van der Waals surface area (Å²) in [7, 11) is 0. The highest BCUT2D eigenvalue weighted by Gasteiger charge is 2.09. The maximum atomic E-state index is 9.39. The summed E-state index contributed by atoms with van der Waals surface area (Å²) in [6, 6.07) is 0. The Morgan fingerprint density at radius 2 is 2.33 bits per heavy atom. The topological polar surface area (TPSA) is 36.0 Å². The van der Waals surface area contributed by atoms with Gasteiger partial charge in [-0.25, -0.2) is 0 Å². The molecule has 80 valence electrons. The van der Waals surface area contributed by atoms with Crippen LogP contribution in [0.1, 0.15) is 30.2 Å². The Kier molecular flexibility index (Phi) is 3.98. The molecule has 1 heterocycles. The third kappa shape index (κ3) is 2.62. The second-order valence-corrected chi connectivity index (χ2v) is 3.38. The molecule has 1 aromatic heterocycles. The Hall–Kier alpha value is -1.70. The minimum absolute atomic E-state index is 0.0768. The number of aliphatic hydroxyl groups is 1. The molecular formula is C13H17NO. The fourth-order valence-electron chi connectivity index (χ4n) is 1.54. The van der Waals surface area contributed by atoms with Crippen molar-refractivity contribution in [2.75, 3.05) is 0 Å². The van der Waals surface area contributed by atoms with Crippen LogP contribution in [0.5, 0.6) is 0 Å². The van der Waals surface area contributed by atoms with Crippen molar-refractivity contribution < 1.29 is 5.11 Å². The van der Waals surface area contributed by atoms with E-state index in [1.54, 1.807) is 0 Å². The first kappa shape index (κ1) is 11.4. The molecule has 0 aliphatic carbocycles. The molecule has 0 spiro atoms. The minimum Gasteiger partial charge on any atom is -0.506 e. The van der Waals surface area contributed by atoms with Crippen molar-refractivity contribution in [2.45, 2.75) is 19.8 Å². The van der Waals surface area contributed by atoms with E-state index < -0.39 is 0 Å². The lowest BCUT2D eigenvalue weighted by atomic mass is 10.1. The molecule has 2 heteroatoms. The van der Waals surface area contributed by atoms with E-state index in [1.165, 1.54) is 5.56 Å². The molecule has 0 saturated carbocycles. The van der Waals surface area contributed by atoms with Gasteiger partial charge in [0.25, 0.3) is 0 Å². The van der Waals surface area contributed by atoms with Crippen LogP contribution in [0.2, 0.25) is 0 Å². The normalized spacial score (nSPS) is 10.7. The zero-order valence-corrected chi connectivity index (χ0v) is 9.09. The van der Waals surface area contributed by atoms with E-state index >= 15 is 0 Å². The fraction of sp³-hybridized carbons (Fsp3) is 0.231. The zero-order valence-electron chi connectivity index (χ0n) is 9.09. The second kappa shape index (κ2) is 5.25. The maximum absolute atomic E-state index is 9.39. The minimum atomic E-state index is 0.0768. The monoisotopic (exact) mass is 203 g/mol. The Bertz CT molecular complexity index is 385. The van der Waals surface area contributed by atoms with Gasteiger partial charge in [0, 0.05) is 11.8 Å². The van der Waals surface area contributed by atoms with Crippen LogP contribution >= 0.6 is 0 Å². The number of aryl methyl sites for hydroxylation is 1. The summed E-state index contributed by atoms with van der Waals surface area (Å²) in [4.78, 5) is 3.03. The molecule has 0 aliphatic heterocycles. The average Bonchev–Trinajstić information content (AvgIpc) is 2.59. The number of aliphatic hydroxyl groups excluding tert-OH is 1. The van der Waals surface area contributed by atoms with Crippen molar-refractivity contribution in [2.24, 2.45) is 0 Å². The van der Waals surface area contributed by atoms with Crippen molar-refractivity contribution in [1.82, 2.24) is 4.98 Å². The van der Waals surface area contributed by atoms with Crippen LogP contribution in [0.25, 0.3) is 11.8 Å². The lowest BCUT2D eigenvalue weighted by Crippen LogP contribution is -1.87. The van der Waals surface area contributed by atoms with Gasteiger partial charge in [0.1, 0.15) is 5.76 Å². The quantitative estimate of drug-likeness (QED) is 0.555. The van der Waals surface area contributed by atoms with E-state index in [2.05, 4.69) is 18.1 Å². The van der Waals surface area contributed by atoms with E-state index in [9.17, 15) is 5.11 Å². The lowest BCUT2D eigenvalue weighted by molar-refractivity contribution is 0.511. The van der Waals surface area contributed by atoms with Gasteiger partial charge in [0.2, 0.25) is 0 Å². The first-order valence-electron chi connectivity index (χ1n) is 5.02. The van der Waals surface area contributed by atoms with Crippen LogP contribution in [0.3, 0.4) is 0 Å². The summed E-state index contributed by atoms with van der Waals surface area (Å²) in [6.45, 7) is 9.18. The summed E-state index contributed by atoms with van der Waals surface area (Å²) >= 11 is 0. The molecule has 2 N–H and O–H groups in total. The molecule has 0 bridgehead atoms. The van der Waals surface area contributed by atoms with Gasteiger partial charge in [-0.2, -0.15) is 0 Å². The first-order valence-corrected chi connectivity index (χ1v) is 5.02. The number of allylic oxidation sites excluding steroid dienone is 2. The molecule has 1 aromatic rings. The van der Waals surface area contributed by atoms with Gasteiger partial charge in [0.15, 0.2) is 0 Å². The highest BCUT2D eigenvalue weighted by atomic mass is 16.3. The van der Waals surface area contributed by atoms with Crippen molar-refractivity contribution in [3.05, 3.63) is 48.3 Å². The number of hydrogen-bond acceptors (Lipinski definition) is 1. The number of nitrogens with one attached hydrogen (secondary N) is 1. The van der Waals surface area contributed by atoms with Crippen LogP contribution < -0.4 is 0 Å². The number of aromatic nitrogens is 1. The van der Waals surface area contributed by atoms with Crippen molar-refractivity contribution >= 4 is 11.8 Å². The zero-order chi connectivity index (χ0) is 11.3. The number of hydrogen-bond donors (Lipinski definition) is 2. The van der Waals surface area contributed by atoms with Crippen LogP contribution in [-0.4, -0.2) is 10.1 Å². The van der Waals surface area contributed by atoms with Crippen molar-refractivity contribution in [3.8, 4) is 0 Å². The Morgan fingerprint density at radius 3 is 2.87 bits per heavy atom. The molecule has 0 amide bonds. The molecule has 0 fully saturated rings. The summed E-state index contributed by atoms with van der Waals surface area (Å²) < 4.78 is 0. The molecule has 0 aromatic carbocycles. The first-order chi connectivity index (χ1) is 7.20. The maximum Gasteiger partial charge on any atom is 0.132 e. The highest BCUT2D eigenvalue weighted by molar-refractivity contribution is 5.69. The van der Waals surface area contributed by atoms with Gasteiger partial charge in [-0.15, -0.1) is 6.58 Å². The van der Waals surface area contributed by atoms with Gasteiger partial charge < -0.3 is 10.1 Å². The number of rotatable bonds is 5. The number of H-pyrrole nitrogens is 1. The van der Waals surface area contributed by atoms with E-state index in [0.717, 1.165) is 18.4 Å². The van der Waals surface area contributed by atoms with Crippen molar-refractivity contribution in [3.63, 3.8) is 0 Å². The molecule has 0 atom stereocenters. The molecule has 2 nitrogen and oxygen atoms in total. The van der Waals surface area contributed by atoms with Crippen molar-refractivity contribution in [1.29, 1.82) is 0 Å². The third-order valence-electron chi connectivity index (χ3n) is 2.25. The predicted molar refractivity (Wildman–Crippen MR) is 65.7 cm³/mol. The fourth-order valence-corrected chi connectivity index (χ4v) is 1.54. The van der Waals surface area contributed by atoms with Gasteiger partial charge in [-0.1, -0.05) is 24.8 Å². The van der Waals surface area contributed by atoms with Gasteiger partial charge in [-0.3, -0.25) is 0 Å². The third-order valence-corrected chi connectivity index (χ3v) is 2.25. The largest absolute Gasteiger partial charge is 0.506 e. The SMILES string of the molecule is C=CCCc1c[nH]c(C(=C)O)c1/C=C\C. The standard InChI is InChI=1S/C13H17NO/c1-4-6-8-11-9-14-13(10(3)15)12(11)7-5-2/h4-5,7,9,14-15H,1,3,6,8H2,2H3/b7-5-. The summed E-state index contributed by atoms with van der Waals surface area (Å²) in [5, 5.41) is 9.39. The van der Waals surface area contributed by atoms with Gasteiger partial charge in [-0.05, 0) is 25.3 Å². The molecule has 0 saturated heterocycles.